The Balaban J connectivity index is 1.43. The smallest absolute Gasteiger partial charge is 0.407 e. The molecule has 2 amide bonds. The minimum atomic E-state index is -1.12. The molecule has 0 saturated carbocycles. The second-order valence-corrected chi connectivity index (χ2v) is 8.91. The number of nitrogens with two attached hydrogens (primary N) is 1. The van der Waals surface area contributed by atoms with Crippen molar-refractivity contribution in [2.45, 2.75) is 32.0 Å². The van der Waals surface area contributed by atoms with Crippen molar-refractivity contribution in [1.82, 2.24) is 15.2 Å². The molecule has 2 aliphatic heterocycles. The van der Waals surface area contributed by atoms with Crippen LogP contribution in [0, 0.1) is 5.41 Å². The molecule has 0 spiro atoms. The Morgan fingerprint density at radius 1 is 1.48 bits per heavy atom. The fourth-order valence-electron chi connectivity index (χ4n) is 4.19. The summed E-state index contributed by atoms with van der Waals surface area (Å²) in [5.74, 6) is -1.45. The second-order valence-electron chi connectivity index (χ2n) is 7.97. The van der Waals surface area contributed by atoms with Gasteiger partial charge in [0, 0.05) is 23.7 Å². The van der Waals surface area contributed by atoms with Gasteiger partial charge in [-0.15, -0.1) is 11.3 Å². The summed E-state index contributed by atoms with van der Waals surface area (Å²) in [4.78, 5) is 42.4. The number of aromatic nitrogens is 1. The summed E-state index contributed by atoms with van der Waals surface area (Å²) in [5.41, 5.74) is 6.76. The molecule has 2 fully saturated rings. The van der Waals surface area contributed by atoms with Crippen molar-refractivity contribution in [2.75, 3.05) is 12.3 Å². The van der Waals surface area contributed by atoms with Gasteiger partial charge in [0.05, 0.1) is 16.7 Å². The maximum atomic E-state index is 12.7. The molecule has 4 N–H and O–H groups in total. The third-order valence-electron chi connectivity index (χ3n) is 5.64. The highest BCUT2D eigenvalue weighted by atomic mass is 32.1. The first-order valence-corrected chi connectivity index (χ1v) is 10.6. The van der Waals surface area contributed by atoms with Crippen LogP contribution in [0.4, 0.5) is 9.80 Å². The topological polar surface area (TPSA) is 135 Å². The Morgan fingerprint density at radius 3 is 2.94 bits per heavy atom. The highest BCUT2D eigenvalue weighted by molar-refractivity contribution is 7.14. The van der Waals surface area contributed by atoms with E-state index in [1.165, 1.54) is 16.2 Å². The van der Waals surface area contributed by atoms with Crippen molar-refractivity contribution in [3.05, 3.63) is 52.7 Å². The third-order valence-corrected chi connectivity index (χ3v) is 6.45. The number of nitrogens with zero attached hydrogens (tertiary/aromatic N) is 2. The van der Waals surface area contributed by atoms with E-state index in [9.17, 15) is 19.5 Å². The zero-order valence-electron chi connectivity index (χ0n) is 16.8. The zero-order valence-corrected chi connectivity index (χ0v) is 17.6. The van der Waals surface area contributed by atoms with Gasteiger partial charge in [-0.05, 0) is 41.6 Å². The predicted octanol–water partition coefficient (Wildman–Crippen LogP) is 2.11. The van der Waals surface area contributed by atoms with Gasteiger partial charge in [0.15, 0.2) is 0 Å². The first-order valence-electron chi connectivity index (χ1n) is 9.70. The van der Waals surface area contributed by atoms with Crippen LogP contribution in [-0.2, 0) is 20.9 Å². The number of alkyl carbamates (subject to hydrolysis) is 1. The lowest BCUT2D eigenvalue weighted by atomic mass is 9.81. The zero-order chi connectivity index (χ0) is 22.2. The molecule has 9 nitrogen and oxygen atoms in total. The molecule has 0 aromatic carbocycles. The van der Waals surface area contributed by atoms with E-state index in [1.54, 1.807) is 37.4 Å². The lowest BCUT2D eigenvalue weighted by molar-refractivity contribution is -0.155. The van der Waals surface area contributed by atoms with E-state index in [-0.39, 0.29) is 25.1 Å². The number of aliphatic carboxylic acids is 1. The second kappa shape index (κ2) is 8.03. The molecule has 10 heteroatoms. The summed E-state index contributed by atoms with van der Waals surface area (Å²) in [6.45, 7) is 1.86. The molecule has 2 saturated heterocycles. The molecule has 2 aromatic heterocycles. The minimum absolute atomic E-state index is 0.126. The van der Waals surface area contributed by atoms with E-state index in [0.717, 1.165) is 5.56 Å². The summed E-state index contributed by atoms with van der Waals surface area (Å²) < 4.78 is 5.34. The SMILES string of the molecule is C[C@@]1(COC(=O)NCc2csc(N)c2)CC2/C(=C\c3ccccn3)C(=O)N2[C@H]1C(=O)O. The molecular formula is C21H22N4O5S. The molecule has 1 unspecified atom stereocenters. The molecule has 2 aliphatic rings. The molecule has 4 rings (SSSR count). The molecule has 31 heavy (non-hydrogen) atoms. The van der Waals surface area contributed by atoms with Gasteiger partial charge >= 0.3 is 12.1 Å². The quantitative estimate of drug-likeness (QED) is 0.461. The number of carboxylic acids is 1. The van der Waals surface area contributed by atoms with Crippen LogP contribution in [0.1, 0.15) is 24.6 Å². The van der Waals surface area contributed by atoms with Crippen molar-refractivity contribution in [2.24, 2.45) is 5.41 Å². The Labute approximate surface area is 182 Å². The van der Waals surface area contributed by atoms with Crippen LogP contribution in [0.25, 0.3) is 6.08 Å². The summed E-state index contributed by atoms with van der Waals surface area (Å²) in [6.07, 6.45) is 3.04. The predicted molar refractivity (Wildman–Crippen MR) is 114 cm³/mol. The number of anilines is 1. The van der Waals surface area contributed by atoms with Crippen LogP contribution in [0.3, 0.4) is 0 Å². The van der Waals surface area contributed by atoms with Gasteiger partial charge in [0.2, 0.25) is 0 Å². The van der Waals surface area contributed by atoms with Crippen LogP contribution in [0.2, 0.25) is 0 Å². The molecule has 3 atom stereocenters. The van der Waals surface area contributed by atoms with E-state index >= 15 is 0 Å². The number of carbonyl (C=O) groups is 3. The van der Waals surface area contributed by atoms with E-state index in [2.05, 4.69) is 10.3 Å². The van der Waals surface area contributed by atoms with Gasteiger partial charge in [0.1, 0.15) is 12.6 Å². The van der Waals surface area contributed by atoms with E-state index in [0.29, 0.717) is 22.7 Å². The van der Waals surface area contributed by atoms with Gasteiger partial charge in [-0.3, -0.25) is 9.78 Å². The standard InChI is InChI=1S/C21H22N4O5S/c1-21(11-30-20(29)24-9-12-6-16(22)31-10-12)8-15-14(7-13-4-2-3-5-23-13)18(26)25(15)17(21)19(27)28/h2-7,10,15,17H,8-9,11,22H2,1H3,(H,24,29)(H,27,28)/b14-7+/t15?,17-,21-/m0/s1. The van der Waals surface area contributed by atoms with E-state index in [4.69, 9.17) is 10.5 Å². The molecule has 4 heterocycles. The lowest BCUT2D eigenvalue weighted by Gasteiger charge is -2.40. The number of rotatable bonds is 6. The molecular weight excluding hydrogens is 420 g/mol. The number of hydrogen-bond acceptors (Lipinski definition) is 7. The number of thiophene rings is 1. The number of ether oxygens (including phenoxy) is 1. The number of carboxylic acid groups (broad SMARTS) is 1. The highest BCUT2D eigenvalue weighted by Gasteiger charge is 2.62. The Kier molecular flexibility index (Phi) is 5.40. The first kappa shape index (κ1) is 20.9. The summed E-state index contributed by atoms with van der Waals surface area (Å²) in [5, 5.41) is 14.9. The summed E-state index contributed by atoms with van der Waals surface area (Å²) >= 11 is 1.37. The molecule has 0 radical (unpaired) electrons. The van der Waals surface area contributed by atoms with E-state index in [1.807, 2.05) is 11.4 Å². The Bertz CT molecular complexity index is 1050. The summed E-state index contributed by atoms with van der Waals surface area (Å²) in [6, 6.07) is 5.71. The van der Waals surface area contributed by atoms with Gasteiger partial charge in [-0.2, -0.15) is 0 Å². The number of carbonyl (C=O) groups excluding carboxylic acids is 2. The normalized spacial score (nSPS) is 25.8. The van der Waals surface area contributed by atoms with Crippen LogP contribution >= 0.6 is 11.3 Å². The van der Waals surface area contributed by atoms with Crippen molar-refractivity contribution < 1.29 is 24.2 Å². The van der Waals surface area contributed by atoms with Gasteiger partial charge < -0.3 is 25.8 Å². The Morgan fingerprint density at radius 2 is 2.29 bits per heavy atom. The average molecular weight is 442 g/mol. The van der Waals surface area contributed by atoms with Crippen molar-refractivity contribution >= 4 is 40.4 Å². The fourth-order valence-corrected chi connectivity index (χ4v) is 4.85. The van der Waals surface area contributed by atoms with Crippen molar-refractivity contribution in [1.29, 1.82) is 0 Å². The number of β-lactam (4-membered cyclic amide) rings is 1. The van der Waals surface area contributed by atoms with Crippen molar-refractivity contribution in [3.8, 4) is 0 Å². The van der Waals surface area contributed by atoms with Gasteiger partial charge in [0.25, 0.3) is 5.91 Å². The largest absolute Gasteiger partial charge is 0.480 e. The van der Waals surface area contributed by atoms with Crippen LogP contribution in [0.5, 0.6) is 0 Å². The molecule has 2 aromatic rings. The maximum absolute atomic E-state index is 12.7. The first-order chi connectivity index (χ1) is 14.8. The van der Waals surface area contributed by atoms with Crippen LogP contribution in [-0.4, -0.2) is 51.7 Å². The Hall–Kier alpha value is -3.40. The van der Waals surface area contributed by atoms with Crippen LogP contribution < -0.4 is 11.1 Å². The monoisotopic (exact) mass is 442 g/mol. The number of pyridine rings is 1. The van der Waals surface area contributed by atoms with E-state index < -0.39 is 23.5 Å². The third kappa shape index (κ3) is 3.98. The fraction of sp³-hybridized carbons (Fsp3) is 0.333. The van der Waals surface area contributed by atoms with Gasteiger partial charge in [-0.25, -0.2) is 9.59 Å². The maximum Gasteiger partial charge on any atom is 0.407 e. The van der Waals surface area contributed by atoms with Gasteiger partial charge in [-0.1, -0.05) is 13.0 Å². The number of nitrogens with one attached hydrogen (secondary N) is 1. The number of nitrogen functional groups attached to an aromatic ring is 1. The van der Waals surface area contributed by atoms with Crippen molar-refractivity contribution in [3.63, 3.8) is 0 Å². The number of amides is 2. The lowest BCUT2D eigenvalue weighted by Crippen LogP contribution is -2.58. The van der Waals surface area contributed by atoms with Crippen LogP contribution in [0.15, 0.2) is 41.4 Å². The molecule has 0 bridgehead atoms. The molecule has 162 valence electrons. The summed E-state index contributed by atoms with van der Waals surface area (Å²) in [7, 11) is 0. The minimum Gasteiger partial charge on any atom is -0.480 e. The average Bonchev–Trinajstić information content (AvgIpc) is 3.29. The number of hydrogen-bond donors (Lipinski definition) is 3. The highest BCUT2D eigenvalue weighted by Crippen LogP contribution is 2.49. The number of fused-ring (bicyclic) bond motifs is 1. The molecule has 0 aliphatic carbocycles.